The predicted molar refractivity (Wildman–Crippen MR) is 78.7 cm³/mol. The van der Waals surface area contributed by atoms with Crippen LogP contribution in [0.25, 0.3) is 0 Å². The lowest BCUT2D eigenvalue weighted by Gasteiger charge is -2.38. The van der Waals surface area contributed by atoms with E-state index in [0.29, 0.717) is 32.5 Å². The molecule has 1 aliphatic rings. The minimum atomic E-state index is -0.877. The Morgan fingerprint density at radius 2 is 2.29 bits per heavy atom. The summed E-state index contributed by atoms with van der Waals surface area (Å²) in [5.74, 6) is -0.0145. The van der Waals surface area contributed by atoms with Crippen LogP contribution in [-0.4, -0.2) is 60.8 Å². The van der Waals surface area contributed by atoms with E-state index in [2.05, 4.69) is 10.3 Å². The highest BCUT2D eigenvalue weighted by atomic mass is 16.5. The maximum absolute atomic E-state index is 12.0. The Morgan fingerprint density at radius 3 is 2.90 bits per heavy atom. The van der Waals surface area contributed by atoms with E-state index >= 15 is 0 Å². The molecule has 0 aliphatic carbocycles. The number of amides is 1. The van der Waals surface area contributed by atoms with Crippen molar-refractivity contribution in [2.24, 2.45) is 0 Å². The molecule has 21 heavy (non-hydrogen) atoms. The number of carbonyl (C=O) groups excluding carboxylic acids is 1. The summed E-state index contributed by atoms with van der Waals surface area (Å²) in [7, 11) is 1.84. The fourth-order valence-electron chi connectivity index (χ4n) is 2.48. The molecule has 1 aliphatic heterocycles. The summed E-state index contributed by atoms with van der Waals surface area (Å²) in [4.78, 5) is 17.8. The molecule has 0 radical (unpaired) electrons. The van der Waals surface area contributed by atoms with Gasteiger partial charge in [-0.25, -0.2) is 0 Å². The maximum Gasteiger partial charge on any atom is 0.248 e. The van der Waals surface area contributed by atoms with Crippen molar-refractivity contribution in [3.05, 3.63) is 30.1 Å². The van der Waals surface area contributed by atoms with Crippen LogP contribution in [0.5, 0.6) is 0 Å². The van der Waals surface area contributed by atoms with Crippen molar-refractivity contribution in [3.8, 4) is 0 Å². The number of likely N-dealkylation sites (tertiary alicyclic amines) is 1. The van der Waals surface area contributed by atoms with E-state index < -0.39 is 5.60 Å². The molecule has 0 unspecified atom stereocenters. The summed E-state index contributed by atoms with van der Waals surface area (Å²) in [6.07, 6.45) is 4.44. The van der Waals surface area contributed by atoms with Gasteiger partial charge in [-0.15, -0.1) is 0 Å². The highest BCUT2D eigenvalue weighted by molar-refractivity contribution is 5.77. The van der Waals surface area contributed by atoms with Gasteiger partial charge in [-0.05, 0) is 26.0 Å². The van der Waals surface area contributed by atoms with Gasteiger partial charge in [0.25, 0.3) is 0 Å². The van der Waals surface area contributed by atoms with Gasteiger partial charge in [0, 0.05) is 37.6 Å². The van der Waals surface area contributed by atoms with Crippen LogP contribution in [0.1, 0.15) is 18.4 Å². The molecule has 1 saturated heterocycles. The number of rotatable bonds is 6. The molecule has 1 aromatic rings. The molecule has 1 aromatic heterocycles. The third-order valence-corrected chi connectivity index (χ3v) is 3.86. The van der Waals surface area contributed by atoms with Gasteiger partial charge in [0.1, 0.15) is 6.61 Å². The van der Waals surface area contributed by atoms with Gasteiger partial charge in [-0.2, -0.15) is 0 Å². The average Bonchev–Trinajstić information content (AvgIpc) is 2.53. The van der Waals surface area contributed by atoms with Crippen molar-refractivity contribution in [1.29, 1.82) is 0 Å². The molecular weight excluding hydrogens is 270 g/mol. The Kier molecular flexibility index (Phi) is 5.67. The summed E-state index contributed by atoms with van der Waals surface area (Å²) in [5, 5.41) is 13.6. The Morgan fingerprint density at radius 1 is 1.52 bits per heavy atom. The van der Waals surface area contributed by atoms with E-state index in [-0.39, 0.29) is 12.5 Å². The molecule has 0 spiro atoms. The van der Waals surface area contributed by atoms with Crippen LogP contribution in [0.3, 0.4) is 0 Å². The van der Waals surface area contributed by atoms with Crippen LogP contribution < -0.4 is 5.32 Å². The second kappa shape index (κ2) is 7.49. The molecule has 6 heteroatoms. The zero-order valence-corrected chi connectivity index (χ0v) is 12.4. The Balaban J connectivity index is 1.81. The van der Waals surface area contributed by atoms with Crippen molar-refractivity contribution in [3.63, 3.8) is 0 Å². The van der Waals surface area contributed by atoms with E-state index in [1.807, 2.05) is 19.2 Å². The second-order valence-corrected chi connectivity index (χ2v) is 5.31. The van der Waals surface area contributed by atoms with Crippen molar-refractivity contribution >= 4 is 5.91 Å². The first kappa shape index (κ1) is 15.9. The number of hydrogen-bond donors (Lipinski definition) is 2. The van der Waals surface area contributed by atoms with Gasteiger partial charge in [0.05, 0.1) is 12.2 Å². The Hall–Kier alpha value is -1.50. The van der Waals surface area contributed by atoms with Gasteiger partial charge < -0.3 is 20.1 Å². The van der Waals surface area contributed by atoms with Crippen LogP contribution in [-0.2, 0) is 15.1 Å². The Labute approximate surface area is 125 Å². The number of hydrogen-bond acceptors (Lipinski definition) is 5. The van der Waals surface area contributed by atoms with Gasteiger partial charge in [0.2, 0.25) is 5.91 Å². The van der Waals surface area contributed by atoms with Crippen LogP contribution in [0, 0.1) is 0 Å². The first-order valence-corrected chi connectivity index (χ1v) is 7.29. The van der Waals surface area contributed by atoms with Gasteiger partial charge >= 0.3 is 0 Å². The molecule has 0 bridgehead atoms. The predicted octanol–water partition coefficient (Wildman–Crippen LogP) is 0.128. The zero-order valence-electron chi connectivity index (χ0n) is 12.4. The van der Waals surface area contributed by atoms with Crippen molar-refractivity contribution in [1.82, 2.24) is 15.2 Å². The number of carbonyl (C=O) groups is 1. The first-order chi connectivity index (χ1) is 10.2. The molecular formula is C15H23N3O3. The lowest BCUT2D eigenvalue weighted by atomic mass is 9.85. The largest absolute Gasteiger partial charge is 0.385 e. The molecule has 2 heterocycles. The summed E-state index contributed by atoms with van der Waals surface area (Å²) < 4.78 is 5.30. The fraction of sp³-hybridized carbons (Fsp3) is 0.600. The number of nitrogens with one attached hydrogen (secondary N) is 1. The quantitative estimate of drug-likeness (QED) is 0.729. The van der Waals surface area contributed by atoms with Crippen LogP contribution >= 0.6 is 0 Å². The molecule has 0 aromatic carbocycles. The highest BCUT2D eigenvalue weighted by Gasteiger charge is 2.35. The zero-order chi connectivity index (χ0) is 15.1. The van der Waals surface area contributed by atoms with Gasteiger partial charge in [-0.1, -0.05) is 6.07 Å². The van der Waals surface area contributed by atoms with Crippen LogP contribution in [0.2, 0.25) is 0 Å². The number of likely N-dealkylation sites (N-methyl/N-ethyl adjacent to an activating group) is 1. The molecule has 116 valence electrons. The number of ether oxygens (including phenoxy) is 1. The van der Waals surface area contributed by atoms with Gasteiger partial charge in [0.15, 0.2) is 0 Å². The molecule has 1 fully saturated rings. The SMILES string of the molecule is CNCCOCC(=O)N1CCC(O)(c2cccnc2)CC1. The summed E-state index contributed by atoms with van der Waals surface area (Å²) >= 11 is 0. The normalized spacial score (nSPS) is 17.7. The third kappa shape index (κ3) is 4.23. The molecule has 0 atom stereocenters. The van der Waals surface area contributed by atoms with Crippen LogP contribution in [0.4, 0.5) is 0 Å². The first-order valence-electron chi connectivity index (χ1n) is 7.29. The summed E-state index contributed by atoms with van der Waals surface area (Å²) in [6, 6.07) is 3.70. The Bertz CT molecular complexity index is 445. The van der Waals surface area contributed by atoms with E-state index in [4.69, 9.17) is 4.74 Å². The lowest BCUT2D eigenvalue weighted by molar-refractivity contribution is -0.140. The van der Waals surface area contributed by atoms with Crippen molar-refractivity contribution in [2.45, 2.75) is 18.4 Å². The third-order valence-electron chi connectivity index (χ3n) is 3.86. The van der Waals surface area contributed by atoms with E-state index in [1.165, 1.54) is 0 Å². The maximum atomic E-state index is 12.0. The number of pyridine rings is 1. The molecule has 2 rings (SSSR count). The molecule has 6 nitrogen and oxygen atoms in total. The number of aromatic nitrogens is 1. The fourth-order valence-corrected chi connectivity index (χ4v) is 2.48. The highest BCUT2D eigenvalue weighted by Crippen LogP contribution is 2.32. The van der Waals surface area contributed by atoms with Crippen molar-refractivity contribution < 1.29 is 14.6 Å². The van der Waals surface area contributed by atoms with E-state index in [1.54, 1.807) is 17.3 Å². The molecule has 2 N–H and O–H groups in total. The second-order valence-electron chi connectivity index (χ2n) is 5.31. The smallest absolute Gasteiger partial charge is 0.248 e. The van der Waals surface area contributed by atoms with E-state index in [9.17, 15) is 9.90 Å². The van der Waals surface area contributed by atoms with E-state index in [0.717, 1.165) is 12.1 Å². The van der Waals surface area contributed by atoms with Gasteiger partial charge in [-0.3, -0.25) is 9.78 Å². The monoisotopic (exact) mass is 293 g/mol. The minimum absolute atomic E-state index is 0.0145. The van der Waals surface area contributed by atoms with Crippen LogP contribution in [0.15, 0.2) is 24.5 Å². The summed E-state index contributed by atoms with van der Waals surface area (Å²) in [5.41, 5.74) is -0.0553. The molecule has 0 saturated carbocycles. The number of piperidine rings is 1. The number of aliphatic hydroxyl groups is 1. The lowest BCUT2D eigenvalue weighted by Crippen LogP contribution is -2.46. The number of nitrogens with zero attached hydrogens (tertiary/aromatic N) is 2. The van der Waals surface area contributed by atoms with Crippen molar-refractivity contribution in [2.75, 3.05) is 39.9 Å². The molecule has 1 amide bonds. The minimum Gasteiger partial charge on any atom is -0.385 e. The summed E-state index contributed by atoms with van der Waals surface area (Å²) in [6.45, 7) is 2.44. The topological polar surface area (TPSA) is 74.7 Å². The average molecular weight is 293 g/mol. The standard InChI is InChI=1S/C15H23N3O3/c1-16-7-10-21-12-14(19)18-8-4-15(20,5-9-18)13-3-2-6-17-11-13/h2-3,6,11,16,20H,4-5,7-10,12H2,1H3.